The van der Waals surface area contributed by atoms with Gasteiger partial charge in [0, 0.05) is 48.3 Å². The zero-order valence-corrected chi connectivity index (χ0v) is 13.2. The summed E-state index contributed by atoms with van der Waals surface area (Å²) in [5.74, 6) is -0.256. The van der Waals surface area contributed by atoms with Crippen molar-refractivity contribution in [1.29, 1.82) is 0 Å². The van der Waals surface area contributed by atoms with Crippen molar-refractivity contribution in [2.24, 2.45) is 0 Å². The van der Waals surface area contributed by atoms with Crippen LogP contribution in [-0.4, -0.2) is 41.1 Å². The molecule has 0 unspecified atom stereocenters. The molecule has 1 aliphatic heterocycles. The fourth-order valence-electron chi connectivity index (χ4n) is 2.62. The maximum atomic E-state index is 11.1. The number of phenolic OH excluding ortho intramolecular Hbond substituents is 1. The van der Waals surface area contributed by atoms with Crippen molar-refractivity contribution in [3.8, 4) is 5.75 Å². The number of benzene rings is 1. The molecule has 6 nitrogen and oxygen atoms in total. The third-order valence-electron chi connectivity index (χ3n) is 3.62. The van der Waals surface area contributed by atoms with Crippen LogP contribution in [0.25, 0.3) is 0 Å². The van der Waals surface area contributed by atoms with Crippen LogP contribution in [0.1, 0.15) is 18.0 Å². The van der Waals surface area contributed by atoms with E-state index in [1.165, 1.54) is 6.07 Å². The molecule has 0 saturated carbocycles. The quantitative estimate of drug-likeness (QED) is 0.482. The average Bonchev–Trinajstić information content (AvgIpc) is 2.47. The van der Waals surface area contributed by atoms with E-state index in [4.69, 9.17) is 0 Å². The van der Waals surface area contributed by atoms with Gasteiger partial charge in [0.1, 0.15) is 0 Å². The van der Waals surface area contributed by atoms with Gasteiger partial charge in [-0.25, -0.2) is 0 Å². The van der Waals surface area contributed by atoms with Crippen molar-refractivity contribution < 1.29 is 10.0 Å². The van der Waals surface area contributed by atoms with Gasteiger partial charge in [-0.2, -0.15) is 0 Å². The Morgan fingerprint density at radius 3 is 2.76 bits per heavy atom. The summed E-state index contributed by atoms with van der Waals surface area (Å²) >= 11 is 3.29. The maximum Gasteiger partial charge on any atom is 0.312 e. The summed E-state index contributed by atoms with van der Waals surface area (Å²) in [6.07, 6.45) is 2.40. The third kappa shape index (κ3) is 3.61. The van der Waals surface area contributed by atoms with Crippen molar-refractivity contribution in [3.63, 3.8) is 0 Å². The van der Waals surface area contributed by atoms with E-state index < -0.39 is 4.92 Å². The Bertz CT molecular complexity index is 545. The molecule has 0 spiro atoms. The molecule has 0 radical (unpaired) electrons. The maximum absolute atomic E-state index is 11.1. The number of phenols is 1. The molecule has 1 atom stereocenters. The van der Waals surface area contributed by atoms with Gasteiger partial charge in [0.15, 0.2) is 5.75 Å². The number of piperazine rings is 1. The van der Waals surface area contributed by atoms with Crippen LogP contribution in [0.5, 0.6) is 5.75 Å². The van der Waals surface area contributed by atoms with Crippen molar-refractivity contribution >= 4 is 21.6 Å². The molecule has 1 saturated heterocycles. The Labute approximate surface area is 131 Å². The van der Waals surface area contributed by atoms with Crippen molar-refractivity contribution in [3.05, 3.63) is 44.9 Å². The lowest BCUT2D eigenvalue weighted by Crippen LogP contribution is -2.45. The Hall–Kier alpha value is -1.44. The summed E-state index contributed by atoms with van der Waals surface area (Å²) in [6, 6.07) is 2.96. The predicted octanol–water partition coefficient (Wildman–Crippen LogP) is 2.59. The molecule has 0 aromatic heterocycles. The van der Waals surface area contributed by atoms with Gasteiger partial charge in [0.25, 0.3) is 0 Å². The van der Waals surface area contributed by atoms with E-state index in [0.717, 1.165) is 26.2 Å². The summed E-state index contributed by atoms with van der Waals surface area (Å²) in [4.78, 5) is 12.7. The number of hydrogen-bond acceptors (Lipinski definition) is 5. The van der Waals surface area contributed by atoms with Crippen molar-refractivity contribution in [1.82, 2.24) is 10.2 Å². The highest BCUT2D eigenvalue weighted by molar-refractivity contribution is 9.10. The molecule has 1 heterocycles. The molecule has 0 amide bonds. The van der Waals surface area contributed by atoms with Crippen LogP contribution in [0.15, 0.2) is 29.3 Å². The van der Waals surface area contributed by atoms with Crippen LogP contribution < -0.4 is 5.32 Å². The van der Waals surface area contributed by atoms with E-state index in [0.29, 0.717) is 16.5 Å². The second-order valence-corrected chi connectivity index (χ2v) is 5.86. The number of halogens is 1. The zero-order valence-electron chi connectivity index (χ0n) is 11.6. The van der Waals surface area contributed by atoms with Gasteiger partial charge >= 0.3 is 5.69 Å². The van der Waals surface area contributed by atoms with Gasteiger partial charge in [-0.3, -0.25) is 15.0 Å². The van der Waals surface area contributed by atoms with Crippen LogP contribution >= 0.6 is 15.9 Å². The number of rotatable bonds is 5. The lowest BCUT2D eigenvalue weighted by atomic mass is 9.99. The molecule has 1 fully saturated rings. The lowest BCUT2D eigenvalue weighted by Gasteiger charge is -2.35. The fourth-order valence-corrected chi connectivity index (χ4v) is 3.09. The normalized spacial score (nSPS) is 17.4. The molecule has 2 rings (SSSR count). The van der Waals surface area contributed by atoms with Gasteiger partial charge in [-0.1, -0.05) is 22.0 Å². The summed E-state index contributed by atoms with van der Waals surface area (Å²) in [5.41, 5.74) is 0.293. The van der Waals surface area contributed by atoms with E-state index in [1.807, 2.05) is 0 Å². The number of nitro benzene ring substituents is 1. The summed E-state index contributed by atoms with van der Waals surface area (Å²) < 4.78 is 0.589. The summed E-state index contributed by atoms with van der Waals surface area (Å²) in [6.45, 7) is 7.16. The first-order valence-corrected chi connectivity index (χ1v) is 7.56. The smallest absolute Gasteiger partial charge is 0.312 e. The lowest BCUT2D eigenvalue weighted by molar-refractivity contribution is -0.386. The Morgan fingerprint density at radius 1 is 1.52 bits per heavy atom. The summed E-state index contributed by atoms with van der Waals surface area (Å²) in [5, 5.41) is 24.6. The first-order valence-electron chi connectivity index (χ1n) is 6.77. The largest absolute Gasteiger partial charge is 0.502 e. The summed E-state index contributed by atoms with van der Waals surface area (Å²) in [7, 11) is 0. The SMILES string of the molecule is C=CC[C@H](c1cc(Br)cc([N+](=O)[O-])c1O)N1CCNCC1. The van der Waals surface area contributed by atoms with Crippen LogP contribution in [0.3, 0.4) is 0 Å². The zero-order chi connectivity index (χ0) is 15.4. The fraction of sp³-hybridized carbons (Fsp3) is 0.429. The number of nitrogens with one attached hydrogen (secondary N) is 1. The molecule has 1 aromatic rings. The van der Waals surface area contributed by atoms with Gasteiger partial charge < -0.3 is 10.4 Å². The highest BCUT2D eigenvalue weighted by Gasteiger charge is 2.28. The van der Waals surface area contributed by atoms with E-state index >= 15 is 0 Å². The topological polar surface area (TPSA) is 78.6 Å². The molecule has 0 bridgehead atoms. The minimum atomic E-state index is -0.563. The van der Waals surface area contributed by atoms with E-state index in [-0.39, 0.29) is 17.5 Å². The first-order chi connectivity index (χ1) is 10.0. The number of nitrogens with zero attached hydrogens (tertiary/aromatic N) is 2. The highest BCUT2D eigenvalue weighted by atomic mass is 79.9. The van der Waals surface area contributed by atoms with Crippen LogP contribution in [-0.2, 0) is 0 Å². The second kappa shape index (κ2) is 7.02. The Balaban J connectivity index is 2.43. The van der Waals surface area contributed by atoms with Gasteiger partial charge in [0.2, 0.25) is 0 Å². The molecule has 1 aromatic carbocycles. The number of aromatic hydroxyl groups is 1. The molecule has 114 valence electrons. The van der Waals surface area contributed by atoms with E-state index in [2.05, 4.69) is 32.7 Å². The minimum Gasteiger partial charge on any atom is -0.502 e. The number of nitro groups is 1. The third-order valence-corrected chi connectivity index (χ3v) is 4.08. The molecular weight excluding hydrogens is 338 g/mol. The van der Waals surface area contributed by atoms with Crippen LogP contribution in [0.4, 0.5) is 5.69 Å². The molecular formula is C14H18BrN3O3. The molecule has 1 aliphatic rings. The highest BCUT2D eigenvalue weighted by Crippen LogP contribution is 2.40. The Morgan fingerprint density at radius 2 is 2.19 bits per heavy atom. The molecule has 21 heavy (non-hydrogen) atoms. The molecule has 0 aliphatic carbocycles. The first kappa shape index (κ1) is 15.9. The van der Waals surface area contributed by atoms with Gasteiger partial charge in [-0.05, 0) is 12.5 Å². The molecule has 2 N–H and O–H groups in total. The van der Waals surface area contributed by atoms with Gasteiger partial charge in [-0.15, -0.1) is 6.58 Å². The monoisotopic (exact) mass is 355 g/mol. The van der Waals surface area contributed by atoms with E-state index in [9.17, 15) is 15.2 Å². The van der Waals surface area contributed by atoms with Crippen LogP contribution in [0, 0.1) is 10.1 Å². The standard InChI is InChI=1S/C14H18BrN3O3/c1-2-3-12(17-6-4-16-5-7-17)11-8-10(15)9-13(14(11)19)18(20)21/h2,8-9,12,16,19H,1,3-7H2/t12-/m1/s1. The minimum absolute atomic E-state index is 0.110. The average molecular weight is 356 g/mol. The van der Waals surface area contributed by atoms with Crippen LogP contribution in [0.2, 0.25) is 0 Å². The van der Waals surface area contributed by atoms with Crippen molar-refractivity contribution in [2.45, 2.75) is 12.5 Å². The number of hydrogen-bond donors (Lipinski definition) is 2. The molecule has 7 heteroatoms. The second-order valence-electron chi connectivity index (χ2n) is 4.95. The predicted molar refractivity (Wildman–Crippen MR) is 84.5 cm³/mol. The van der Waals surface area contributed by atoms with Crippen molar-refractivity contribution in [2.75, 3.05) is 26.2 Å². The Kier molecular flexibility index (Phi) is 5.33. The van der Waals surface area contributed by atoms with Gasteiger partial charge in [0.05, 0.1) is 4.92 Å². The van der Waals surface area contributed by atoms with E-state index in [1.54, 1.807) is 12.1 Å².